The molecule has 0 heterocycles. The second-order valence-electron chi connectivity index (χ2n) is 5.79. The quantitative estimate of drug-likeness (QED) is 0.786. The van der Waals surface area contributed by atoms with Crippen molar-refractivity contribution in [1.29, 1.82) is 0 Å². The highest BCUT2D eigenvalue weighted by Gasteiger charge is 2.30. The largest absolute Gasteiger partial charge is 0.481 e. The zero-order valence-electron chi connectivity index (χ0n) is 13.8. The topological polar surface area (TPSA) is 66.4 Å². The molecule has 0 aliphatic rings. The average Bonchev–Trinajstić information content (AvgIpc) is 2.60. The van der Waals surface area contributed by atoms with Crippen molar-refractivity contribution in [3.63, 3.8) is 0 Å². The van der Waals surface area contributed by atoms with Crippen molar-refractivity contribution in [1.82, 2.24) is 5.32 Å². The summed E-state index contributed by atoms with van der Waals surface area (Å²) in [5, 5.41) is 11.2. The molecule has 0 saturated carbocycles. The van der Waals surface area contributed by atoms with Crippen LogP contribution in [0.3, 0.4) is 0 Å². The lowest BCUT2D eigenvalue weighted by atomic mass is 10.1. The van der Waals surface area contributed by atoms with Crippen molar-refractivity contribution in [3.8, 4) is 0 Å². The number of hydrogen-bond acceptors (Lipinski definition) is 2. The molecular weight excluding hydrogens is 347 g/mol. The Morgan fingerprint density at radius 1 is 0.962 bits per heavy atom. The zero-order valence-corrected chi connectivity index (χ0v) is 13.8. The number of rotatable bonds is 7. The van der Waals surface area contributed by atoms with E-state index in [2.05, 4.69) is 5.32 Å². The molecule has 0 aromatic heterocycles. The van der Waals surface area contributed by atoms with Crippen LogP contribution in [0.1, 0.15) is 33.5 Å². The van der Waals surface area contributed by atoms with Gasteiger partial charge in [0.1, 0.15) is 0 Å². The van der Waals surface area contributed by atoms with Gasteiger partial charge in [0.15, 0.2) is 0 Å². The third kappa shape index (κ3) is 5.91. The van der Waals surface area contributed by atoms with Gasteiger partial charge in [-0.05, 0) is 42.2 Å². The second kappa shape index (κ2) is 8.51. The zero-order chi connectivity index (χ0) is 19.2. The van der Waals surface area contributed by atoms with Crippen LogP contribution in [0, 0.1) is 0 Å². The lowest BCUT2D eigenvalue weighted by molar-refractivity contribution is -0.138. The van der Waals surface area contributed by atoms with Gasteiger partial charge in [-0.2, -0.15) is 13.2 Å². The summed E-state index contributed by atoms with van der Waals surface area (Å²) in [6.07, 6.45) is -3.46. The number of carbonyl (C=O) groups is 2. The monoisotopic (exact) mass is 365 g/mol. The predicted octanol–water partition coefficient (Wildman–Crippen LogP) is 3.70. The fourth-order valence-corrected chi connectivity index (χ4v) is 2.38. The number of carboxylic acid groups (broad SMARTS) is 1. The molecule has 0 unspecified atom stereocenters. The van der Waals surface area contributed by atoms with Crippen molar-refractivity contribution in [2.75, 3.05) is 6.54 Å². The third-order valence-corrected chi connectivity index (χ3v) is 3.80. The highest BCUT2D eigenvalue weighted by Crippen LogP contribution is 2.29. The lowest BCUT2D eigenvalue weighted by Gasteiger charge is -2.09. The normalized spacial score (nSPS) is 11.2. The Morgan fingerprint density at radius 3 is 2.15 bits per heavy atom. The van der Waals surface area contributed by atoms with E-state index in [1.807, 2.05) is 24.3 Å². The third-order valence-electron chi connectivity index (χ3n) is 3.80. The van der Waals surface area contributed by atoms with Gasteiger partial charge in [0.25, 0.3) is 5.91 Å². The number of halogens is 3. The van der Waals surface area contributed by atoms with Crippen molar-refractivity contribution >= 4 is 11.9 Å². The minimum absolute atomic E-state index is 0.0381. The maximum absolute atomic E-state index is 12.7. The van der Waals surface area contributed by atoms with Gasteiger partial charge in [0.2, 0.25) is 0 Å². The van der Waals surface area contributed by atoms with Crippen LogP contribution in [0.25, 0.3) is 0 Å². The Kier molecular flexibility index (Phi) is 6.38. The van der Waals surface area contributed by atoms with E-state index >= 15 is 0 Å². The molecule has 0 atom stereocenters. The van der Waals surface area contributed by atoms with Crippen molar-refractivity contribution in [3.05, 3.63) is 70.8 Å². The Morgan fingerprint density at radius 2 is 1.58 bits per heavy atom. The SMILES string of the molecule is O=C(O)CCc1ccc(CCNC(=O)c2cccc(C(F)(F)F)c2)cc1. The van der Waals surface area contributed by atoms with Crippen LogP contribution in [0.4, 0.5) is 13.2 Å². The summed E-state index contributed by atoms with van der Waals surface area (Å²) in [5.74, 6) is -1.42. The Hall–Kier alpha value is -2.83. The first-order valence-corrected chi connectivity index (χ1v) is 8.01. The molecule has 7 heteroatoms. The first kappa shape index (κ1) is 19.5. The van der Waals surface area contributed by atoms with Crippen LogP contribution in [-0.4, -0.2) is 23.5 Å². The van der Waals surface area contributed by atoms with Crippen LogP contribution >= 0.6 is 0 Å². The Balaban J connectivity index is 1.86. The number of carbonyl (C=O) groups excluding carboxylic acids is 1. The number of hydrogen-bond donors (Lipinski definition) is 2. The van der Waals surface area contributed by atoms with Gasteiger partial charge in [0, 0.05) is 18.5 Å². The lowest BCUT2D eigenvalue weighted by Crippen LogP contribution is -2.26. The van der Waals surface area contributed by atoms with Crippen LogP contribution in [-0.2, 0) is 23.8 Å². The van der Waals surface area contributed by atoms with Crippen molar-refractivity contribution < 1.29 is 27.9 Å². The molecule has 0 radical (unpaired) electrons. The summed E-state index contributed by atoms with van der Waals surface area (Å²) in [6.45, 7) is 0.281. The minimum Gasteiger partial charge on any atom is -0.481 e. The molecule has 0 fully saturated rings. The van der Waals surface area contributed by atoms with E-state index in [-0.39, 0.29) is 18.5 Å². The van der Waals surface area contributed by atoms with Gasteiger partial charge in [-0.1, -0.05) is 30.3 Å². The molecule has 0 aliphatic heterocycles. The van der Waals surface area contributed by atoms with E-state index in [0.717, 1.165) is 23.3 Å². The van der Waals surface area contributed by atoms with Crippen LogP contribution in [0.5, 0.6) is 0 Å². The smallest absolute Gasteiger partial charge is 0.416 e. The van der Waals surface area contributed by atoms with E-state index in [1.54, 1.807) is 0 Å². The number of amides is 1. The van der Waals surface area contributed by atoms with Gasteiger partial charge in [-0.3, -0.25) is 9.59 Å². The molecular formula is C19H18F3NO3. The van der Waals surface area contributed by atoms with E-state index in [1.165, 1.54) is 12.1 Å². The number of benzene rings is 2. The predicted molar refractivity (Wildman–Crippen MR) is 89.9 cm³/mol. The number of aliphatic carboxylic acids is 1. The maximum atomic E-state index is 12.7. The van der Waals surface area contributed by atoms with E-state index < -0.39 is 23.6 Å². The highest BCUT2D eigenvalue weighted by atomic mass is 19.4. The standard InChI is InChI=1S/C19H18F3NO3/c20-19(21,22)16-3-1-2-15(12-16)18(26)23-11-10-14-6-4-13(5-7-14)8-9-17(24)25/h1-7,12H,8-11H2,(H,23,26)(H,24,25). The first-order chi connectivity index (χ1) is 12.3. The van der Waals surface area contributed by atoms with Gasteiger partial charge in [0.05, 0.1) is 5.56 Å². The molecule has 2 aromatic rings. The Bertz CT molecular complexity index is 770. The molecule has 2 aromatic carbocycles. The molecule has 1 amide bonds. The van der Waals surface area contributed by atoms with Crippen LogP contribution in [0.15, 0.2) is 48.5 Å². The summed E-state index contributed by atoms with van der Waals surface area (Å²) >= 11 is 0. The van der Waals surface area contributed by atoms with Gasteiger partial charge >= 0.3 is 12.1 Å². The first-order valence-electron chi connectivity index (χ1n) is 8.01. The average molecular weight is 365 g/mol. The van der Waals surface area contributed by atoms with Crippen LogP contribution < -0.4 is 5.32 Å². The molecule has 0 bridgehead atoms. The highest BCUT2D eigenvalue weighted by molar-refractivity contribution is 5.94. The molecule has 0 aliphatic carbocycles. The van der Waals surface area contributed by atoms with E-state index in [4.69, 9.17) is 5.11 Å². The number of carboxylic acids is 1. The Labute approximate surface area is 148 Å². The summed E-state index contributed by atoms with van der Waals surface area (Å²) in [5.41, 5.74) is 0.948. The van der Waals surface area contributed by atoms with Crippen LogP contribution in [0.2, 0.25) is 0 Å². The fourth-order valence-electron chi connectivity index (χ4n) is 2.38. The maximum Gasteiger partial charge on any atom is 0.416 e. The second-order valence-corrected chi connectivity index (χ2v) is 5.79. The molecule has 26 heavy (non-hydrogen) atoms. The van der Waals surface area contributed by atoms with E-state index in [9.17, 15) is 22.8 Å². The molecule has 2 rings (SSSR count). The number of alkyl halides is 3. The molecule has 2 N–H and O–H groups in total. The van der Waals surface area contributed by atoms with Crippen molar-refractivity contribution in [2.24, 2.45) is 0 Å². The van der Waals surface area contributed by atoms with E-state index in [0.29, 0.717) is 12.8 Å². The summed E-state index contributed by atoms with van der Waals surface area (Å²) < 4.78 is 38.0. The molecule has 0 saturated heterocycles. The molecule has 0 spiro atoms. The summed E-state index contributed by atoms with van der Waals surface area (Å²) in [7, 11) is 0. The fraction of sp³-hybridized carbons (Fsp3) is 0.263. The van der Waals surface area contributed by atoms with Crippen molar-refractivity contribution in [2.45, 2.75) is 25.4 Å². The van der Waals surface area contributed by atoms with Gasteiger partial charge in [-0.25, -0.2) is 0 Å². The van der Waals surface area contributed by atoms with Gasteiger partial charge < -0.3 is 10.4 Å². The minimum atomic E-state index is -4.49. The summed E-state index contributed by atoms with van der Waals surface area (Å²) in [4.78, 5) is 22.5. The number of nitrogens with one attached hydrogen (secondary N) is 1. The molecule has 4 nitrogen and oxygen atoms in total. The number of aryl methyl sites for hydroxylation is 1. The molecule has 138 valence electrons. The summed E-state index contributed by atoms with van der Waals surface area (Å²) in [6, 6.07) is 11.6. The van der Waals surface area contributed by atoms with Gasteiger partial charge in [-0.15, -0.1) is 0 Å².